The van der Waals surface area contributed by atoms with Crippen molar-refractivity contribution in [3.63, 3.8) is 0 Å². The summed E-state index contributed by atoms with van der Waals surface area (Å²) in [5.74, 6) is 1.12. The van der Waals surface area contributed by atoms with Crippen LogP contribution in [-0.2, 0) is 6.54 Å². The highest BCUT2D eigenvalue weighted by Crippen LogP contribution is 2.33. The molecule has 182 valence electrons. The van der Waals surface area contributed by atoms with E-state index in [1.807, 2.05) is 48.9 Å². The molecule has 5 rings (SSSR count). The number of para-hydroxylation sites is 1. The number of nitrogens with one attached hydrogen (secondary N) is 2. The fourth-order valence-electron chi connectivity index (χ4n) is 4.47. The summed E-state index contributed by atoms with van der Waals surface area (Å²) in [6.07, 6.45) is 8.44. The first-order valence-electron chi connectivity index (χ1n) is 12.1. The average molecular weight is 473 g/mol. The van der Waals surface area contributed by atoms with Crippen molar-refractivity contribution in [3.8, 4) is 11.3 Å². The van der Waals surface area contributed by atoms with Gasteiger partial charge in [-0.05, 0) is 44.4 Å². The highest BCUT2D eigenvalue weighted by Gasteiger charge is 2.22. The first-order chi connectivity index (χ1) is 16.9. The first kappa shape index (κ1) is 23.0. The van der Waals surface area contributed by atoms with Gasteiger partial charge in [-0.15, -0.1) is 0 Å². The van der Waals surface area contributed by atoms with E-state index in [0.717, 1.165) is 40.8 Å². The number of nitrogens with two attached hydrogens (primary N) is 1. The Bertz CT molecular complexity index is 1300. The van der Waals surface area contributed by atoms with Gasteiger partial charge >= 0.3 is 0 Å². The number of imidazole rings is 1. The third-order valence-corrected chi connectivity index (χ3v) is 6.34. The molecule has 0 amide bonds. The number of rotatable bonds is 8. The molecule has 9 nitrogen and oxygen atoms in total. The summed E-state index contributed by atoms with van der Waals surface area (Å²) in [6.45, 7) is 4.37. The molecule has 4 aromatic rings. The van der Waals surface area contributed by atoms with Gasteiger partial charge in [0, 0.05) is 36.6 Å². The lowest BCUT2D eigenvalue weighted by molar-refractivity contribution is 0.0943. The number of pyridine rings is 1. The molecule has 1 aromatic carbocycles. The molecule has 3 aromatic heterocycles. The fourth-order valence-corrected chi connectivity index (χ4v) is 4.47. The minimum Gasteiger partial charge on any atom is -0.398 e. The summed E-state index contributed by atoms with van der Waals surface area (Å²) in [4.78, 5) is 18.7. The number of benzene rings is 1. The molecule has 0 radical (unpaired) electrons. The molecule has 0 bridgehead atoms. The molecule has 35 heavy (non-hydrogen) atoms. The van der Waals surface area contributed by atoms with Crippen molar-refractivity contribution in [2.75, 3.05) is 22.9 Å². The molecular weight excluding hydrogens is 440 g/mol. The normalized spacial score (nSPS) is 14.5. The van der Waals surface area contributed by atoms with Crippen LogP contribution in [0.15, 0.2) is 48.9 Å². The van der Waals surface area contributed by atoms with E-state index in [4.69, 9.17) is 10.7 Å². The number of aliphatic hydroxyl groups is 1. The summed E-state index contributed by atoms with van der Waals surface area (Å²) in [7, 11) is 0. The molecule has 1 saturated carbocycles. The predicted molar refractivity (Wildman–Crippen MR) is 139 cm³/mol. The Morgan fingerprint density at radius 2 is 1.86 bits per heavy atom. The highest BCUT2D eigenvalue weighted by molar-refractivity contribution is 5.84. The van der Waals surface area contributed by atoms with Crippen LogP contribution in [0.5, 0.6) is 0 Å². The zero-order chi connectivity index (χ0) is 24.4. The van der Waals surface area contributed by atoms with Crippen LogP contribution >= 0.6 is 0 Å². The summed E-state index contributed by atoms with van der Waals surface area (Å²) >= 11 is 0. The number of nitrogen functional groups attached to an aromatic ring is 1. The van der Waals surface area contributed by atoms with E-state index in [1.165, 1.54) is 12.8 Å². The molecule has 1 fully saturated rings. The number of anilines is 3. The Morgan fingerprint density at radius 3 is 2.57 bits per heavy atom. The quantitative estimate of drug-likeness (QED) is 0.278. The van der Waals surface area contributed by atoms with Crippen molar-refractivity contribution in [1.29, 1.82) is 0 Å². The standard InChI is InChI=1S/C26H32N8O/c1-26(2,35)15-30-25-32-23(22-24(33-25)34(16-31-22)18-7-3-4-8-18)29-14-17-11-12-21(28-13-17)19-9-5-6-10-20(19)27/h5-6,9-13,16,18,35H,3-4,7-8,14-15,27H2,1-2H3,(H2,29,30,32,33). The maximum absolute atomic E-state index is 10.2. The molecule has 0 aliphatic heterocycles. The highest BCUT2D eigenvalue weighted by atomic mass is 16.3. The van der Waals surface area contributed by atoms with Crippen molar-refractivity contribution in [2.24, 2.45) is 0 Å². The molecular formula is C26H32N8O. The topological polar surface area (TPSA) is 127 Å². The third-order valence-electron chi connectivity index (χ3n) is 6.34. The van der Waals surface area contributed by atoms with Gasteiger partial charge in [-0.3, -0.25) is 4.98 Å². The average Bonchev–Trinajstić information content (AvgIpc) is 3.51. The van der Waals surface area contributed by atoms with Crippen molar-refractivity contribution in [1.82, 2.24) is 24.5 Å². The zero-order valence-corrected chi connectivity index (χ0v) is 20.2. The van der Waals surface area contributed by atoms with Crippen LogP contribution in [0.3, 0.4) is 0 Å². The molecule has 5 N–H and O–H groups in total. The van der Waals surface area contributed by atoms with E-state index in [1.54, 1.807) is 13.8 Å². The molecule has 0 unspecified atom stereocenters. The van der Waals surface area contributed by atoms with Gasteiger partial charge in [0.15, 0.2) is 17.0 Å². The lowest BCUT2D eigenvalue weighted by Crippen LogP contribution is -2.30. The van der Waals surface area contributed by atoms with E-state index in [9.17, 15) is 5.11 Å². The molecule has 1 aliphatic rings. The van der Waals surface area contributed by atoms with Crippen LogP contribution < -0.4 is 16.4 Å². The van der Waals surface area contributed by atoms with Crippen LogP contribution in [0, 0.1) is 0 Å². The predicted octanol–water partition coefficient (Wildman–Crippen LogP) is 4.38. The number of hydrogen-bond acceptors (Lipinski definition) is 8. The van der Waals surface area contributed by atoms with Gasteiger partial charge in [0.1, 0.15) is 0 Å². The summed E-state index contributed by atoms with van der Waals surface area (Å²) in [5.41, 5.74) is 10.2. The second-order valence-corrected chi connectivity index (χ2v) is 9.82. The second-order valence-electron chi connectivity index (χ2n) is 9.82. The van der Waals surface area contributed by atoms with Crippen molar-refractivity contribution >= 4 is 28.6 Å². The maximum atomic E-state index is 10.2. The van der Waals surface area contributed by atoms with Crippen molar-refractivity contribution in [2.45, 2.75) is 57.7 Å². The zero-order valence-electron chi connectivity index (χ0n) is 20.2. The number of fused-ring (bicyclic) bond motifs is 1. The lowest BCUT2D eigenvalue weighted by atomic mass is 10.1. The largest absolute Gasteiger partial charge is 0.398 e. The van der Waals surface area contributed by atoms with Crippen LogP contribution in [0.4, 0.5) is 17.5 Å². The van der Waals surface area contributed by atoms with E-state index in [2.05, 4.69) is 30.2 Å². The Kier molecular flexibility index (Phi) is 6.25. The van der Waals surface area contributed by atoms with Crippen LogP contribution in [-0.4, -0.2) is 41.8 Å². The van der Waals surface area contributed by atoms with Gasteiger partial charge < -0.3 is 26.0 Å². The molecule has 0 spiro atoms. The van der Waals surface area contributed by atoms with Crippen LogP contribution in [0.25, 0.3) is 22.4 Å². The van der Waals surface area contributed by atoms with Gasteiger partial charge in [0.25, 0.3) is 0 Å². The van der Waals surface area contributed by atoms with Gasteiger partial charge in [0.2, 0.25) is 5.95 Å². The van der Waals surface area contributed by atoms with Gasteiger partial charge in [0.05, 0.1) is 17.6 Å². The Hall–Kier alpha value is -3.72. The van der Waals surface area contributed by atoms with Crippen LogP contribution in [0.1, 0.15) is 51.1 Å². The summed E-state index contributed by atoms with van der Waals surface area (Å²) in [6, 6.07) is 12.1. The Labute approximate surface area is 204 Å². The smallest absolute Gasteiger partial charge is 0.226 e. The second kappa shape index (κ2) is 9.50. The fraction of sp³-hybridized carbons (Fsp3) is 0.385. The molecule has 0 atom stereocenters. The molecule has 9 heteroatoms. The monoisotopic (exact) mass is 472 g/mol. The van der Waals surface area contributed by atoms with E-state index >= 15 is 0 Å². The first-order valence-corrected chi connectivity index (χ1v) is 12.1. The maximum Gasteiger partial charge on any atom is 0.226 e. The minimum absolute atomic E-state index is 0.337. The number of hydrogen-bond donors (Lipinski definition) is 4. The third kappa shape index (κ3) is 5.19. The SMILES string of the molecule is CC(C)(O)CNc1nc(NCc2ccc(-c3ccccc3N)nc2)c2ncn(C3CCCC3)c2n1. The molecule has 1 aliphatic carbocycles. The molecule has 3 heterocycles. The van der Waals surface area contributed by atoms with Crippen molar-refractivity contribution in [3.05, 3.63) is 54.5 Å². The van der Waals surface area contributed by atoms with E-state index in [0.29, 0.717) is 36.6 Å². The van der Waals surface area contributed by atoms with E-state index < -0.39 is 5.60 Å². The van der Waals surface area contributed by atoms with Gasteiger partial charge in [-0.1, -0.05) is 37.1 Å². The summed E-state index contributed by atoms with van der Waals surface area (Å²) in [5, 5.41) is 16.8. The van der Waals surface area contributed by atoms with Gasteiger partial charge in [-0.2, -0.15) is 9.97 Å². The van der Waals surface area contributed by atoms with E-state index in [-0.39, 0.29) is 0 Å². The minimum atomic E-state index is -0.882. The Morgan fingerprint density at radius 1 is 1.06 bits per heavy atom. The Balaban J connectivity index is 1.40. The van der Waals surface area contributed by atoms with Crippen molar-refractivity contribution < 1.29 is 5.11 Å². The number of aromatic nitrogens is 5. The number of nitrogens with zero attached hydrogens (tertiary/aromatic N) is 5. The van der Waals surface area contributed by atoms with Crippen LogP contribution in [0.2, 0.25) is 0 Å². The summed E-state index contributed by atoms with van der Waals surface area (Å²) < 4.78 is 2.17. The lowest BCUT2D eigenvalue weighted by Gasteiger charge is -2.18. The van der Waals surface area contributed by atoms with Gasteiger partial charge in [-0.25, -0.2) is 4.98 Å². The molecule has 0 saturated heterocycles.